The highest BCUT2D eigenvalue weighted by atomic mass is 16.5. The molecule has 4 rings (SSSR count). The van der Waals surface area contributed by atoms with Crippen molar-refractivity contribution in [3.05, 3.63) is 35.8 Å². The van der Waals surface area contributed by atoms with Crippen LogP contribution in [-0.4, -0.2) is 59.3 Å². The molecule has 0 aromatic carbocycles. The number of H-pyrrole nitrogens is 1. The number of nitrogens with one attached hydrogen (secondary N) is 1. The van der Waals surface area contributed by atoms with Crippen molar-refractivity contribution in [1.29, 1.82) is 0 Å². The van der Waals surface area contributed by atoms with E-state index in [4.69, 9.17) is 4.74 Å². The second-order valence-corrected chi connectivity index (χ2v) is 6.32. The number of amides is 1. The van der Waals surface area contributed by atoms with E-state index in [9.17, 15) is 4.79 Å². The molecule has 0 bridgehead atoms. The van der Waals surface area contributed by atoms with Crippen molar-refractivity contribution >= 4 is 11.7 Å². The van der Waals surface area contributed by atoms with Crippen LogP contribution in [-0.2, 0) is 0 Å². The molecule has 0 radical (unpaired) electrons. The van der Waals surface area contributed by atoms with Crippen molar-refractivity contribution in [2.45, 2.75) is 18.8 Å². The van der Waals surface area contributed by atoms with Crippen LogP contribution in [0.3, 0.4) is 0 Å². The Morgan fingerprint density at radius 3 is 2.75 bits per heavy atom. The summed E-state index contributed by atoms with van der Waals surface area (Å²) < 4.78 is 5.25. The fourth-order valence-electron chi connectivity index (χ4n) is 3.05. The van der Waals surface area contributed by atoms with E-state index in [-0.39, 0.29) is 5.91 Å². The maximum absolute atomic E-state index is 12.6. The maximum Gasteiger partial charge on any atom is 0.274 e. The standard InChI is InChI=1S/C17H21N5O2/c1-24-13-4-5-18-16(10-13)21-6-8-22(9-7-21)17(23)15-11-14(19-20-15)12-2-3-12/h4-5,10-12H,2-3,6-9H2,1H3,(H,19,20). The molecule has 3 heterocycles. The van der Waals surface area contributed by atoms with Crippen LogP contribution >= 0.6 is 0 Å². The Labute approximate surface area is 140 Å². The molecule has 7 nitrogen and oxygen atoms in total. The second kappa shape index (κ2) is 6.14. The Morgan fingerprint density at radius 1 is 1.25 bits per heavy atom. The van der Waals surface area contributed by atoms with Crippen molar-refractivity contribution in [3.8, 4) is 5.75 Å². The number of aromatic nitrogens is 3. The lowest BCUT2D eigenvalue weighted by molar-refractivity contribution is 0.0740. The number of carbonyl (C=O) groups is 1. The van der Waals surface area contributed by atoms with Gasteiger partial charge in [0.15, 0.2) is 0 Å². The zero-order valence-corrected chi connectivity index (χ0v) is 13.7. The Hall–Kier alpha value is -2.57. The Morgan fingerprint density at radius 2 is 2.04 bits per heavy atom. The predicted molar refractivity (Wildman–Crippen MR) is 89.5 cm³/mol. The van der Waals surface area contributed by atoms with Crippen LogP contribution in [0.15, 0.2) is 24.4 Å². The molecule has 1 saturated heterocycles. The summed E-state index contributed by atoms with van der Waals surface area (Å²) in [6.07, 6.45) is 4.14. The van der Waals surface area contributed by atoms with Gasteiger partial charge in [0.1, 0.15) is 17.3 Å². The number of nitrogens with zero attached hydrogens (tertiary/aromatic N) is 4. The molecule has 1 N–H and O–H groups in total. The molecule has 1 aliphatic heterocycles. The molecule has 126 valence electrons. The number of ether oxygens (including phenoxy) is 1. The van der Waals surface area contributed by atoms with Crippen LogP contribution in [0.25, 0.3) is 0 Å². The first-order chi connectivity index (χ1) is 11.7. The lowest BCUT2D eigenvalue weighted by atomic mass is 10.2. The average molecular weight is 327 g/mol. The first-order valence-corrected chi connectivity index (χ1v) is 8.34. The van der Waals surface area contributed by atoms with Crippen LogP contribution < -0.4 is 9.64 Å². The summed E-state index contributed by atoms with van der Waals surface area (Å²) in [5.74, 6) is 2.27. The third-order valence-electron chi connectivity index (χ3n) is 4.68. The average Bonchev–Trinajstić information content (AvgIpc) is 3.38. The number of pyridine rings is 1. The van der Waals surface area contributed by atoms with E-state index in [0.717, 1.165) is 30.4 Å². The van der Waals surface area contributed by atoms with Gasteiger partial charge in [-0.3, -0.25) is 9.89 Å². The molecular formula is C17H21N5O2. The number of hydrogen-bond donors (Lipinski definition) is 1. The van der Waals surface area contributed by atoms with Gasteiger partial charge in [0, 0.05) is 50.1 Å². The van der Waals surface area contributed by atoms with Crippen molar-refractivity contribution in [2.24, 2.45) is 0 Å². The van der Waals surface area contributed by atoms with E-state index >= 15 is 0 Å². The Balaban J connectivity index is 1.38. The van der Waals surface area contributed by atoms with Crippen molar-refractivity contribution in [1.82, 2.24) is 20.1 Å². The number of rotatable bonds is 4. The topological polar surface area (TPSA) is 74.3 Å². The van der Waals surface area contributed by atoms with E-state index in [0.29, 0.717) is 24.7 Å². The molecule has 0 unspecified atom stereocenters. The molecule has 1 saturated carbocycles. The summed E-state index contributed by atoms with van der Waals surface area (Å²) in [4.78, 5) is 21.0. The number of anilines is 1. The van der Waals surface area contributed by atoms with Crippen molar-refractivity contribution < 1.29 is 9.53 Å². The minimum Gasteiger partial charge on any atom is -0.497 e. The van der Waals surface area contributed by atoms with Crippen molar-refractivity contribution in [3.63, 3.8) is 0 Å². The number of piperazine rings is 1. The first kappa shape index (κ1) is 15.0. The normalized spacial score (nSPS) is 17.9. The van der Waals surface area contributed by atoms with E-state index in [1.807, 2.05) is 23.1 Å². The molecule has 0 atom stereocenters. The first-order valence-electron chi connectivity index (χ1n) is 8.34. The molecule has 24 heavy (non-hydrogen) atoms. The van der Waals surface area contributed by atoms with Gasteiger partial charge in [-0.15, -0.1) is 0 Å². The lowest BCUT2D eigenvalue weighted by Crippen LogP contribution is -2.49. The molecule has 7 heteroatoms. The number of aromatic amines is 1. The zero-order chi connectivity index (χ0) is 16.5. The molecule has 2 fully saturated rings. The Bertz CT molecular complexity index is 732. The number of hydrogen-bond acceptors (Lipinski definition) is 5. The van der Waals surface area contributed by atoms with E-state index in [1.165, 1.54) is 12.8 Å². The summed E-state index contributed by atoms with van der Waals surface area (Å²) in [5, 5.41) is 7.20. The molecule has 2 aromatic rings. The van der Waals surface area contributed by atoms with Crippen LogP contribution in [0.1, 0.15) is 34.9 Å². The van der Waals surface area contributed by atoms with E-state index < -0.39 is 0 Å². The SMILES string of the molecule is COc1ccnc(N2CCN(C(=O)c3cc(C4CC4)[nH]n3)CC2)c1. The summed E-state index contributed by atoms with van der Waals surface area (Å²) in [5.41, 5.74) is 1.63. The van der Waals surface area contributed by atoms with Crippen LogP contribution in [0.2, 0.25) is 0 Å². The fraction of sp³-hybridized carbons (Fsp3) is 0.471. The number of carbonyl (C=O) groups excluding carboxylic acids is 1. The minimum atomic E-state index is 0.0106. The fourth-order valence-corrected chi connectivity index (χ4v) is 3.05. The highest BCUT2D eigenvalue weighted by Crippen LogP contribution is 2.39. The van der Waals surface area contributed by atoms with Crippen molar-refractivity contribution in [2.75, 3.05) is 38.2 Å². The third kappa shape index (κ3) is 2.93. The molecular weight excluding hydrogens is 306 g/mol. The monoisotopic (exact) mass is 327 g/mol. The molecule has 0 spiro atoms. The van der Waals surface area contributed by atoms with Gasteiger partial charge in [0.25, 0.3) is 5.91 Å². The highest BCUT2D eigenvalue weighted by Gasteiger charge is 2.29. The quantitative estimate of drug-likeness (QED) is 0.924. The summed E-state index contributed by atoms with van der Waals surface area (Å²) in [6, 6.07) is 5.67. The van der Waals surface area contributed by atoms with Gasteiger partial charge in [-0.25, -0.2) is 4.98 Å². The van der Waals surface area contributed by atoms with E-state index in [2.05, 4.69) is 20.1 Å². The summed E-state index contributed by atoms with van der Waals surface area (Å²) >= 11 is 0. The van der Waals surface area contributed by atoms with Crippen LogP contribution in [0.5, 0.6) is 5.75 Å². The third-order valence-corrected chi connectivity index (χ3v) is 4.68. The maximum atomic E-state index is 12.6. The highest BCUT2D eigenvalue weighted by molar-refractivity contribution is 5.92. The summed E-state index contributed by atoms with van der Waals surface area (Å²) in [7, 11) is 1.65. The van der Waals surface area contributed by atoms with Gasteiger partial charge < -0.3 is 14.5 Å². The van der Waals surface area contributed by atoms with Gasteiger partial charge in [-0.05, 0) is 25.0 Å². The molecule has 1 amide bonds. The second-order valence-electron chi connectivity index (χ2n) is 6.32. The smallest absolute Gasteiger partial charge is 0.274 e. The van der Waals surface area contributed by atoms with Gasteiger partial charge in [-0.2, -0.15) is 5.10 Å². The largest absolute Gasteiger partial charge is 0.497 e. The lowest BCUT2D eigenvalue weighted by Gasteiger charge is -2.35. The molecule has 2 aromatic heterocycles. The number of methoxy groups -OCH3 is 1. The van der Waals surface area contributed by atoms with E-state index in [1.54, 1.807) is 13.3 Å². The predicted octanol–water partition coefficient (Wildman–Crippen LogP) is 1.65. The summed E-state index contributed by atoms with van der Waals surface area (Å²) in [6.45, 7) is 2.85. The van der Waals surface area contributed by atoms with Gasteiger partial charge in [0.05, 0.1) is 7.11 Å². The zero-order valence-electron chi connectivity index (χ0n) is 13.7. The molecule has 1 aliphatic carbocycles. The van der Waals surface area contributed by atoms with Gasteiger partial charge in [0.2, 0.25) is 0 Å². The minimum absolute atomic E-state index is 0.0106. The van der Waals surface area contributed by atoms with Gasteiger partial charge in [-0.1, -0.05) is 0 Å². The van der Waals surface area contributed by atoms with Crippen LogP contribution in [0.4, 0.5) is 5.82 Å². The van der Waals surface area contributed by atoms with Gasteiger partial charge >= 0.3 is 0 Å². The van der Waals surface area contributed by atoms with Crippen LogP contribution in [0, 0.1) is 0 Å². The Kier molecular flexibility index (Phi) is 3.84. The molecule has 2 aliphatic rings.